The minimum absolute atomic E-state index is 0.206. The average Bonchev–Trinajstić information content (AvgIpc) is 2.85. The fourth-order valence-corrected chi connectivity index (χ4v) is 1.51. The van der Waals surface area contributed by atoms with E-state index in [-0.39, 0.29) is 11.6 Å². The van der Waals surface area contributed by atoms with Crippen molar-refractivity contribution in [2.45, 2.75) is 6.92 Å². The molecule has 6 nitrogen and oxygen atoms in total. The number of anilines is 1. The first kappa shape index (κ1) is 13.5. The third kappa shape index (κ3) is 3.55. The largest absolute Gasteiger partial charge is 0.478 e. The van der Waals surface area contributed by atoms with E-state index in [1.54, 1.807) is 37.3 Å². The van der Waals surface area contributed by atoms with Crippen molar-refractivity contribution in [3.05, 3.63) is 53.4 Å². The van der Waals surface area contributed by atoms with Crippen LogP contribution in [0.4, 0.5) is 5.69 Å². The first-order valence-electron chi connectivity index (χ1n) is 5.80. The number of amides is 1. The summed E-state index contributed by atoms with van der Waals surface area (Å²) < 4.78 is 4.82. The van der Waals surface area contributed by atoms with Gasteiger partial charge >= 0.3 is 5.97 Å². The van der Waals surface area contributed by atoms with Gasteiger partial charge in [-0.15, -0.1) is 0 Å². The van der Waals surface area contributed by atoms with E-state index < -0.39 is 5.97 Å². The highest BCUT2D eigenvalue weighted by Gasteiger charge is 2.10. The molecule has 1 aromatic heterocycles. The highest BCUT2D eigenvalue weighted by Crippen LogP contribution is 2.12. The number of nitrogens with one attached hydrogen (secondary N) is 1. The number of rotatable bonds is 4. The van der Waals surface area contributed by atoms with E-state index in [0.29, 0.717) is 11.4 Å². The normalized spacial score (nSPS) is 10.7. The molecule has 2 aromatic rings. The van der Waals surface area contributed by atoms with E-state index in [1.165, 1.54) is 6.08 Å². The predicted octanol–water partition coefficient (Wildman–Crippen LogP) is 2.33. The van der Waals surface area contributed by atoms with E-state index in [2.05, 4.69) is 10.5 Å². The van der Waals surface area contributed by atoms with Crippen LogP contribution < -0.4 is 5.32 Å². The van der Waals surface area contributed by atoms with Gasteiger partial charge in [0.25, 0.3) is 5.91 Å². The average molecular weight is 272 g/mol. The molecule has 0 spiro atoms. The van der Waals surface area contributed by atoms with Gasteiger partial charge in [0.05, 0.1) is 0 Å². The van der Waals surface area contributed by atoms with Crippen molar-refractivity contribution in [3.63, 3.8) is 0 Å². The van der Waals surface area contributed by atoms with Crippen molar-refractivity contribution in [2.24, 2.45) is 0 Å². The van der Waals surface area contributed by atoms with Crippen LogP contribution in [0, 0.1) is 6.92 Å². The maximum Gasteiger partial charge on any atom is 0.328 e. The number of carboxylic acids is 1. The monoisotopic (exact) mass is 272 g/mol. The lowest BCUT2D eigenvalue weighted by Crippen LogP contribution is -2.11. The van der Waals surface area contributed by atoms with Crippen molar-refractivity contribution in [1.29, 1.82) is 0 Å². The lowest BCUT2D eigenvalue weighted by atomic mass is 10.2. The van der Waals surface area contributed by atoms with E-state index in [0.717, 1.165) is 11.6 Å². The Bertz CT molecular complexity index is 656. The maximum atomic E-state index is 11.8. The molecule has 0 saturated carbocycles. The van der Waals surface area contributed by atoms with Gasteiger partial charge in [-0.1, -0.05) is 17.3 Å². The van der Waals surface area contributed by atoms with Crippen LogP contribution in [0.2, 0.25) is 0 Å². The number of aliphatic carboxylic acids is 1. The number of nitrogens with zero attached hydrogens (tertiary/aromatic N) is 1. The number of carboxylic acid groups (broad SMARTS) is 1. The Morgan fingerprint density at radius 3 is 2.55 bits per heavy atom. The molecule has 1 amide bonds. The number of carbonyl (C=O) groups is 2. The van der Waals surface area contributed by atoms with Gasteiger partial charge in [0.15, 0.2) is 5.69 Å². The molecule has 1 aromatic carbocycles. The Morgan fingerprint density at radius 2 is 2.00 bits per heavy atom. The number of carbonyl (C=O) groups excluding carboxylic acids is 1. The second-order valence-corrected chi connectivity index (χ2v) is 4.07. The fourth-order valence-electron chi connectivity index (χ4n) is 1.51. The van der Waals surface area contributed by atoms with Crippen LogP contribution in [-0.4, -0.2) is 22.1 Å². The molecule has 0 unspecified atom stereocenters. The van der Waals surface area contributed by atoms with Crippen molar-refractivity contribution in [2.75, 3.05) is 5.32 Å². The Balaban J connectivity index is 2.03. The van der Waals surface area contributed by atoms with Crippen LogP contribution in [0.25, 0.3) is 6.08 Å². The van der Waals surface area contributed by atoms with E-state index in [4.69, 9.17) is 9.63 Å². The highest BCUT2D eigenvalue weighted by atomic mass is 16.5. The zero-order chi connectivity index (χ0) is 14.5. The Kier molecular flexibility index (Phi) is 3.95. The Hall–Kier alpha value is -2.89. The first-order valence-corrected chi connectivity index (χ1v) is 5.80. The molecule has 0 atom stereocenters. The summed E-state index contributed by atoms with van der Waals surface area (Å²) in [4.78, 5) is 22.2. The lowest BCUT2D eigenvalue weighted by molar-refractivity contribution is -0.131. The van der Waals surface area contributed by atoms with Gasteiger partial charge in [-0.05, 0) is 30.7 Å². The summed E-state index contributed by atoms with van der Waals surface area (Å²) in [6, 6.07) is 8.28. The van der Waals surface area contributed by atoms with Crippen LogP contribution in [0.5, 0.6) is 0 Å². The number of hydrogen-bond donors (Lipinski definition) is 2. The van der Waals surface area contributed by atoms with Gasteiger partial charge in [-0.2, -0.15) is 0 Å². The molecule has 0 radical (unpaired) electrons. The first-order chi connectivity index (χ1) is 9.54. The van der Waals surface area contributed by atoms with Gasteiger partial charge < -0.3 is 14.9 Å². The maximum absolute atomic E-state index is 11.8. The Labute approximate surface area is 114 Å². The number of hydrogen-bond acceptors (Lipinski definition) is 4. The molecule has 2 N–H and O–H groups in total. The summed E-state index contributed by atoms with van der Waals surface area (Å²) in [5.41, 5.74) is 1.52. The van der Waals surface area contributed by atoms with E-state index in [1.807, 2.05) is 0 Å². The molecule has 0 fully saturated rings. The zero-order valence-corrected chi connectivity index (χ0v) is 10.7. The fraction of sp³-hybridized carbons (Fsp3) is 0.0714. The van der Waals surface area contributed by atoms with Crippen molar-refractivity contribution >= 4 is 23.6 Å². The van der Waals surface area contributed by atoms with Gasteiger partial charge in [0.1, 0.15) is 5.76 Å². The molecule has 0 aliphatic heterocycles. The quantitative estimate of drug-likeness (QED) is 0.833. The highest BCUT2D eigenvalue weighted by molar-refractivity contribution is 6.02. The second kappa shape index (κ2) is 5.83. The van der Waals surface area contributed by atoms with Crippen LogP contribution in [0.1, 0.15) is 21.8 Å². The summed E-state index contributed by atoms with van der Waals surface area (Å²) in [5.74, 6) is -0.816. The van der Waals surface area contributed by atoms with E-state index >= 15 is 0 Å². The molecule has 0 saturated heterocycles. The molecule has 6 heteroatoms. The SMILES string of the molecule is Cc1cc(C(=O)Nc2ccc(C=CC(=O)O)cc2)no1. The molecule has 0 bridgehead atoms. The summed E-state index contributed by atoms with van der Waals surface area (Å²) in [6.45, 7) is 1.70. The number of aromatic nitrogens is 1. The van der Waals surface area contributed by atoms with Gasteiger partial charge in [-0.25, -0.2) is 4.79 Å². The molecule has 102 valence electrons. The summed E-state index contributed by atoms with van der Waals surface area (Å²) in [5, 5.41) is 14.8. The number of benzene rings is 1. The minimum Gasteiger partial charge on any atom is -0.478 e. The lowest BCUT2D eigenvalue weighted by Gasteiger charge is -2.02. The standard InChI is InChI=1S/C14H12N2O4/c1-9-8-12(16-20-9)14(19)15-11-5-2-10(3-6-11)4-7-13(17)18/h2-8H,1H3,(H,15,19)(H,17,18). The third-order valence-corrected chi connectivity index (χ3v) is 2.45. The molecule has 2 rings (SSSR count). The molecular formula is C14H12N2O4. The van der Waals surface area contributed by atoms with Crippen LogP contribution in [-0.2, 0) is 4.79 Å². The van der Waals surface area contributed by atoms with Crippen LogP contribution >= 0.6 is 0 Å². The van der Waals surface area contributed by atoms with Crippen molar-refractivity contribution in [1.82, 2.24) is 5.16 Å². The second-order valence-electron chi connectivity index (χ2n) is 4.07. The van der Waals surface area contributed by atoms with Crippen LogP contribution in [0.15, 0.2) is 40.9 Å². The van der Waals surface area contributed by atoms with Gasteiger partial charge in [0.2, 0.25) is 0 Å². The topological polar surface area (TPSA) is 92.4 Å². The summed E-state index contributed by atoms with van der Waals surface area (Å²) >= 11 is 0. The smallest absolute Gasteiger partial charge is 0.328 e. The zero-order valence-electron chi connectivity index (χ0n) is 10.7. The molecular weight excluding hydrogens is 260 g/mol. The molecule has 0 aliphatic rings. The van der Waals surface area contributed by atoms with Gasteiger partial charge in [0, 0.05) is 17.8 Å². The van der Waals surface area contributed by atoms with Crippen molar-refractivity contribution in [3.8, 4) is 0 Å². The Morgan fingerprint density at radius 1 is 1.30 bits per heavy atom. The minimum atomic E-state index is -1.01. The van der Waals surface area contributed by atoms with E-state index in [9.17, 15) is 9.59 Å². The van der Waals surface area contributed by atoms with Crippen molar-refractivity contribution < 1.29 is 19.2 Å². The summed E-state index contributed by atoms with van der Waals surface area (Å²) in [6.07, 6.45) is 2.51. The summed E-state index contributed by atoms with van der Waals surface area (Å²) in [7, 11) is 0. The van der Waals surface area contributed by atoms with Gasteiger partial charge in [-0.3, -0.25) is 4.79 Å². The molecule has 0 aliphatic carbocycles. The molecule has 20 heavy (non-hydrogen) atoms. The number of aryl methyl sites for hydroxylation is 1. The predicted molar refractivity (Wildman–Crippen MR) is 72.3 cm³/mol. The van der Waals surface area contributed by atoms with Crippen LogP contribution in [0.3, 0.4) is 0 Å². The molecule has 1 heterocycles. The third-order valence-electron chi connectivity index (χ3n) is 2.45.